The first kappa shape index (κ1) is 112. The fraction of sp³-hybridized carbons (Fsp3) is 0.208. The van der Waals surface area contributed by atoms with E-state index in [1.807, 2.05) is 75.4 Å². The SMILES string of the molecule is COc1cccc(C(=O)Nc2ccccc2C)c1OC.Cc1c[c-]c(C)c(C(=O)Nc2cccc(CCC(=O)O)c2)c1.O=C(O)CCCCCCCCOC(=O)Nc1ccccc1[N+](=O)[O-].O=C(O)CCc1ccc(NC(=O)c2cccc3c2OCO3)cc1.O=C(O)CCc1ccc(NC(=O)c2ccccc2NC(=O)c2ccccc2)cc1.O=C(O)CCc1ccc(NC(=O)c2ccccc2O)cc1F.[Y]. The van der Waals surface area contributed by atoms with Crippen LogP contribution >= 0.6 is 0 Å². The second-order valence-corrected chi connectivity index (χ2v) is 31.0. The number of carboxylic acid groups (broad SMARTS) is 5. The van der Waals surface area contributed by atoms with Crippen molar-refractivity contribution in [2.24, 2.45) is 0 Å². The van der Waals surface area contributed by atoms with Crippen molar-refractivity contribution < 1.29 is 154 Å². The van der Waals surface area contributed by atoms with Crippen LogP contribution < -0.4 is 56.2 Å². The third kappa shape index (κ3) is 38.5. The number of halogens is 1. The molecule has 0 saturated carbocycles. The number of carboxylic acids is 5. The summed E-state index contributed by atoms with van der Waals surface area (Å²) < 4.78 is 39.9. The minimum absolute atomic E-state index is 0. The molecular formula is C106H106FN8O25Y-. The maximum Gasteiger partial charge on any atom is 0.411 e. The molecule has 12 aromatic carbocycles. The van der Waals surface area contributed by atoms with Crippen LogP contribution in [-0.4, -0.2) is 135 Å². The number of nitro groups is 1. The second kappa shape index (κ2) is 58.8. The van der Waals surface area contributed by atoms with E-state index in [9.17, 15) is 77.1 Å². The number of nitrogens with zero attached hydrogens (tertiary/aromatic N) is 1. The Bertz CT molecular complexity index is 6310. The van der Waals surface area contributed by atoms with Crippen molar-refractivity contribution in [3.8, 4) is 28.7 Å². The van der Waals surface area contributed by atoms with Crippen LogP contribution in [-0.2, 0) is 87.1 Å². The quantitative estimate of drug-likeness (QED) is 0.00744. The molecule has 1 heterocycles. The molecule has 35 heteroatoms. The molecule has 0 fully saturated rings. The number of ether oxygens (including phenoxy) is 5. The molecule has 0 unspecified atom stereocenters. The molecule has 0 bridgehead atoms. The number of nitrogens with one attached hydrogen (secondary N) is 7. The van der Waals surface area contributed by atoms with E-state index >= 15 is 0 Å². The number of phenolic OH excluding ortho intramolecular Hbond substituents is 1. The number of carbonyl (C=O) groups is 12. The van der Waals surface area contributed by atoms with Crippen LogP contribution in [0.25, 0.3) is 0 Å². The summed E-state index contributed by atoms with van der Waals surface area (Å²) in [5.74, 6) is -4.99. The molecule has 7 amide bonds. The summed E-state index contributed by atoms with van der Waals surface area (Å²) >= 11 is 0. The van der Waals surface area contributed by atoms with Gasteiger partial charge in [0, 0.05) is 105 Å². The van der Waals surface area contributed by atoms with Crippen LogP contribution in [0.4, 0.5) is 54.7 Å². The summed E-state index contributed by atoms with van der Waals surface area (Å²) in [7, 11) is 3.06. The number of unbranched alkanes of at least 4 members (excludes halogenated alkanes) is 5. The number of benzene rings is 12. The zero-order chi connectivity index (χ0) is 101. The van der Waals surface area contributed by atoms with Crippen LogP contribution in [0.5, 0.6) is 28.7 Å². The fourth-order valence-electron chi connectivity index (χ4n) is 13.3. The van der Waals surface area contributed by atoms with Gasteiger partial charge in [-0.3, -0.25) is 68.2 Å². The number of anilines is 7. The first-order chi connectivity index (χ1) is 67.2. The number of para-hydroxylation sites is 7. The van der Waals surface area contributed by atoms with Gasteiger partial charge in [-0.2, -0.15) is 29.3 Å². The Morgan fingerprint density at radius 1 is 0.411 bits per heavy atom. The van der Waals surface area contributed by atoms with Gasteiger partial charge in [0.05, 0.1) is 53.7 Å². The third-order valence-electron chi connectivity index (χ3n) is 20.6. The molecule has 13 rings (SSSR count). The standard InChI is InChI=1S/C23H20N2O4.C18H18NO3.C17H15NO5.C16H14FNO4.C16H22N2O6.C16H17NO3.Y/c26-21(27)15-12-16-10-13-18(14-11-16)24-23(29)19-8-4-5-9-20(19)25-22(28)17-6-2-1-3-7-17;1-12-6-7-13(2)16(10-12)18(22)19-15-5-3-4-14(11-15)8-9-17(20)21;19-15(20)9-6-11-4-7-12(8-5-11)18-17(21)13-2-1-3-14-16(13)23-10-22-14;17-13-9-11(7-5-10(13)6-8-15(20)21)18-16(22)12-3-1-2-4-14(12)19;19-15(20)11-5-3-1-2-4-8-12-24-16(21)17-13-9-6-7-10-14(13)18(22)23;1-11-7-4-5-9-13(11)17-16(18)12-8-6-10-14(19-2)15(12)20-3;/h1-11,13-14H,12,15H2,(H,24,29)(H,25,28)(H,26,27);3-6,10-11H,8-9H2,1-2H3,(H,19,22)(H,20,21);1-5,7-8H,6,9-10H2,(H,18,21)(H,19,20);1-5,7,9,19H,6,8H2,(H,18,22)(H,20,21);6-7,9-10H,1-5,8,11-12H2,(H,17,21)(H,19,20);4-10H,1-3H3,(H,17,18);/q;-1;;;;;. The summed E-state index contributed by atoms with van der Waals surface area (Å²) in [5.41, 5.74) is 11.3. The Morgan fingerprint density at radius 3 is 1.48 bits per heavy atom. The van der Waals surface area contributed by atoms with Crippen LogP contribution in [0.3, 0.4) is 0 Å². The number of rotatable bonds is 37. The van der Waals surface area contributed by atoms with E-state index < -0.39 is 52.6 Å². The molecule has 141 heavy (non-hydrogen) atoms. The summed E-state index contributed by atoms with van der Waals surface area (Å²) in [4.78, 5) is 149. The predicted octanol–water partition coefficient (Wildman–Crippen LogP) is 20.3. The number of nitro benzene ring substituents is 1. The number of methoxy groups -OCH3 is 2. The van der Waals surface area contributed by atoms with Gasteiger partial charge in [-0.25, -0.2) is 9.18 Å². The zero-order valence-corrected chi connectivity index (χ0v) is 80.6. The molecule has 731 valence electrons. The van der Waals surface area contributed by atoms with Crippen molar-refractivity contribution in [1.82, 2.24) is 0 Å². The largest absolute Gasteiger partial charge is 0.507 e. The Labute approximate surface area is 837 Å². The molecule has 12 aromatic rings. The minimum atomic E-state index is -1.00. The Balaban J connectivity index is 0.000000230. The van der Waals surface area contributed by atoms with Gasteiger partial charge in [-0.15, -0.1) is 0 Å². The average molecular weight is 2000 g/mol. The van der Waals surface area contributed by atoms with Crippen LogP contribution in [0, 0.1) is 42.8 Å². The molecule has 13 N–H and O–H groups in total. The van der Waals surface area contributed by atoms with Gasteiger partial charge in [0.2, 0.25) is 6.79 Å². The third-order valence-corrected chi connectivity index (χ3v) is 20.6. The molecule has 0 saturated heterocycles. The summed E-state index contributed by atoms with van der Waals surface area (Å²) in [6, 6.07) is 77.5. The zero-order valence-electron chi connectivity index (χ0n) is 77.8. The van der Waals surface area contributed by atoms with Crippen molar-refractivity contribution in [3.63, 3.8) is 0 Å². The van der Waals surface area contributed by atoms with Crippen molar-refractivity contribution in [2.75, 3.05) is 64.8 Å². The van der Waals surface area contributed by atoms with Crippen LogP contribution in [0.2, 0.25) is 0 Å². The van der Waals surface area contributed by atoms with Crippen molar-refractivity contribution >= 4 is 117 Å². The minimum Gasteiger partial charge on any atom is -0.507 e. The second-order valence-electron chi connectivity index (χ2n) is 31.0. The monoisotopic (exact) mass is 2000 g/mol. The van der Waals surface area contributed by atoms with Gasteiger partial charge in [0.15, 0.2) is 28.9 Å². The summed E-state index contributed by atoms with van der Waals surface area (Å²) in [5, 5.41) is 82.6. The molecule has 0 aromatic heterocycles. The Hall–Kier alpha value is -16.5. The molecule has 1 radical (unpaired) electrons. The van der Waals surface area contributed by atoms with E-state index in [0.717, 1.165) is 70.8 Å². The van der Waals surface area contributed by atoms with Crippen molar-refractivity contribution in [3.05, 3.63) is 361 Å². The Kier molecular flexibility index (Phi) is 46.5. The van der Waals surface area contributed by atoms with Gasteiger partial charge < -0.3 is 86.2 Å². The van der Waals surface area contributed by atoms with Crippen molar-refractivity contribution in [2.45, 2.75) is 117 Å². The van der Waals surface area contributed by atoms with Gasteiger partial charge in [-0.1, -0.05) is 172 Å². The van der Waals surface area contributed by atoms with E-state index in [0.29, 0.717) is 106 Å². The Morgan fingerprint density at radius 2 is 0.887 bits per heavy atom. The van der Waals surface area contributed by atoms with Crippen LogP contribution in [0.15, 0.2) is 267 Å². The molecular weight excluding hydrogens is 1890 g/mol. The molecule has 1 aliphatic heterocycles. The number of hydrogen-bond donors (Lipinski definition) is 13. The molecule has 0 spiro atoms. The van der Waals surface area contributed by atoms with E-state index in [-0.39, 0.29) is 148 Å². The fourth-order valence-corrected chi connectivity index (χ4v) is 13.3. The molecule has 1 aliphatic rings. The first-order valence-corrected chi connectivity index (χ1v) is 44.0. The van der Waals surface area contributed by atoms with Crippen LogP contribution in [0.1, 0.15) is 172 Å². The molecule has 33 nitrogen and oxygen atoms in total. The number of fused-ring (bicyclic) bond motifs is 1. The average Bonchev–Trinajstić information content (AvgIpc) is 1.69. The number of aryl methyl sites for hydroxylation is 7. The number of carbonyl (C=O) groups excluding carboxylic acids is 7. The van der Waals surface area contributed by atoms with E-state index in [1.54, 1.807) is 171 Å². The number of phenols is 1. The summed E-state index contributed by atoms with van der Waals surface area (Å²) in [6.45, 7) is 6.05. The van der Waals surface area contributed by atoms with E-state index in [1.165, 1.54) is 49.6 Å². The number of aromatic hydroxyl groups is 1. The van der Waals surface area contributed by atoms with E-state index in [4.69, 9.17) is 49.2 Å². The van der Waals surface area contributed by atoms with E-state index in [2.05, 4.69) is 43.3 Å². The maximum absolute atomic E-state index is 13.8. The smallest absolute Gasteiger partial charge is 0.411 e. The number of hydrogen-bond acceptors (Lipinski definition) is 20. The maximum atomic E-state index is 13.8. The first-order valence-electron chi connectivity index (χ1n) is 44.0. The molecule has 0 atom stereocenters. The van der Waals surface area contributed by atoms with Crippen molar-refractivity contribution in [1.29, 1.82) is 0 Å². The van der Waals surface area contributed by atoms with Gasteiger partial charge >= 0.3 is 35.9 Å². The number of aliphatic carboxylic acids is 5. The molecule has 0 aliphatic carbocycles. The summed E-state index contributed by atoms with van der Waals surface area (Å²) in [6.07, 6.45) is 5.99. The topological polar surface area (TPSA) is 500 Å². The normalized spacial score (nSPS) is 10.4. The number of amides is 7. The van der Waals surface area contributed by atoms with Gasteiger partial charge in [0.1, 0.15) is 17.3 Å². The predicted molar refractivity (Wildman–Crippen MR) is 524 cm³/mol. The van der Waals surface area contributed by atoms with Gasteiger partial charge in [-0.05, 0) is 195 Å². The van der Waals surface area contributed by atoms with Gasteiger partial charge in [0.25, 0.3) is 35.2 Å².